The van der Waals surface area contributed by atoms with Crippen LogP contribution < -0.4 is 0 Å². The van der Waals surface area contributed by atoms with Gasteiger partial charge >= 0.3 is 0 Å². The number of alkyl halides is 1. The highest BCUT2D eigenvalue weighted by molar-refractivity contribution is 6.18. The lowest BCUT2D eigenvalue weighted by Crippen LogP contribution is -2.36. The minimum absolute atomic E-state index is 0.348. The molecule has 0 aliphatic heterocycles. The number of halogens is 1. The number of hydrogen-bond donors (Lipinski definition) is 0. The average Bonchev–Trinajstić information content (AvgIpc) is 2.30. The van der Waals surface area contributed by atoms with E-state index in [1.807, 2.05) is 18.2 Å². The molecule has 0 saturated carbocycles. The molecule has 0 unspecified atom stereocenters. The van der Waals surface area contributed by atoms with Gasteiger partial charge in [0, 0.05) is 18.5 Å². The highest BCUT2D eigenvalue weighted by Crippen LogP contribution is 2.08. The zero-order chi connectivity index (χ0) is 11.8. The zero-order valence-electron chi connectivity index (χ0n) is 9.56. The molecule has 0 N–H and O–H groups in total. The molecular weight excluding hydrogens is 220 g/mol. The van der Waals surface area contributed by atoms with Crippen molar-refractivity contribution in [3.05, 3.63) is 35.9 Å². The van der Waals surface area contributed by atoms with Crippen LogP contribution in [-0.4, -0.2) is 29.9 Å². The predicted octanol–water partition coefficient (Wildman–Crippen LogP) is 2.68. The van der Waals surface area contributed by atoms with E-state index in [9.17, 15) is 0 Å². The van der Waals surface area contributed by atoms with Gasteiger partial charge in [-0.15, -0.1) is 11.6 Å². The third-order valence-electron chi connectivity index (χ3n) is 2.64. The minimum Gasteiger partial charge on any atom is -0.286 e. The summed E-state index contributed by atoms with van der Waals surface area (Å²) in [7, 11) is 0. The van der Waals surface area contributed by atoms with Gasteiger partial charge in [-0.1, -0.05) is 30.3 Å². The van der Waals surface area contributed by atoms with E-state index in [2.05, 4.69) is 30.0 Å². The Labute approximate surface area is 102 Å². The summed E-state index contributed by atoms with van der Waals surface area (Å²) in [5.41, 5.74) is 1.30. The molecule has 0 spiro atoms. The van der Waals surface area contributed by atoms with Crippen LogP contribution in [0.25, 0.3) is 0 Å². The van der Waals surface area contributed by atoms with E-state index < -0.39 is 0 Å². The second-order valence-electron chi connectivity index (χ2n) is 3.86. The fourth-order valence-corrected chi connectivity index (χ4v) is 1.96. The summed E-state index contributed by atoms with van der Waals surface area (Å²) in [4.78, 5) is 2.11. The van der Waals surface area contributed by atoms with Crippen molar-refractivity contribution < 1.29 is 0 Å². The maximum atomic E-state index is 8.74. The van der Waals surface area contributed by atoms with E-state index >= 15 is 0 Å². The van der Waals surface area contributed by atoms with E-state index in [4.69, 9.17) is 16.9 Å². The SMILES string of the molecule is C[C@H](Cc1ccccc1)N(CC#N)CCCl. The van der Waals surface area contributed by atoms with E-state index in [0.717, 1.165) is 13.0 Å². The summed E-state index contributed by atoms with van der Waals surface area (Å²) >= 11 is 5.73. The normalized spacial score (nSPS) is 12.4. The Balaban J connectivity index is 2.55. The Hall–Kier alpha value is -1.04. The Kier molecular flexibility index (Phi) is 5.92. The van der Waals surface area contributed by atoms with Crippen molar-refractivity contribution in [1.29, 1.82) is 5.26 Å². The lowest BCUT2D eigenvalue weighted by molar-refractivity contribution is 0.246. The molecule has 0 amide bonds. The van der Waals surface area contributed by atoms with Crippen molar-refractivity contribution in [2.24, 2.45) is 0 Å². The van der Waals surface area contributed by atoms with Gasteiger partial charge in [0.2, 0.25) is 0 Å². The second-order valence-corrected chi connectivity index (χ2v) is 4.23. The summed E-state index contributed by atoms with van der Waals surface area (Å²) < 4.78 is 0. The fourth-order valence-electron chi connectivity index (χ4n) is 1.74. The van der Waals surface area contributed by atoms with E-state index in [1.54, 1.807) is 0 Å². The molecule has 0 aromatic heterocycles. The molecule has 1 aromatic carbocycles. The van der Waals surface area contributed by atoms with Crippen LogP contribution in [0.4, 0.5) is 0 Å². The van der Waals surface area contributed by atoms with Crippen molar-refractivity contribution in [2.75, 3.05) is 19.0 Å². The topological polar surface area (TPSA) is 27.0 Å². The molecule has 16 heavy (non-hydrogen) atoms. The summed E-state index contributed by atoms with van der Waals surface area (Å²) in [5.74, 6) is 0.570. The number of hydrogen-bond acceptors (Lipinski definition) is 2. The lowest BCUT2D eigenvalue weighted by atomic mass is 10.1. The highest BCUT2D eigenvalue weighted by atomic mass is 35.5. The monoisotopic (exact) mass is 236 g/mol. The van der Waals surface area contributed by atoms with Crippen LogP contribution in [0.2, 0.25) is 0 Å². The fraction of sp³-hybridized carbons (Fsp3) is 0.462. The smallest absolute Gasteiger partial charge is 0.0868 e. The molecule has 0 saturated heterocycles. The molecule has 3 heteroatoms. The van der Waals surface area contributed by atoms with Crippen molar-refractivity contribution in [2.45, 2.75) is 19.4 Å². The first-order valence-electron chi connectivity index (χ1n) is 5.48. The van der Waals surface area contributed by atoms with E-state index in [-0.39, 0.29) is 0 Å². The molecule has 0 bridgehead atoms. The van der Waals surface area contributed by atoms with Crippen molar-refractivity contribution in [3.63, 3.8) is 0 Å². The van der Waals surface area contributed by atoms with Crippen LogP contribution in [0.15, 0.2) is 30.3 Å². The molecule has 0 heterocycles. The number of benzene rings is 1. The number of nitriles is 1. The van der Waals surface area contributed by atoms with Gasteiger partial charge in [-0.25, -0.2) is 0 Å². The first kappa shape index (κ1) is 13.0. The van der Waals surface area contributed by atoms with Gasteiger partial charge in [-0.3, -0.25) is 4.90 Å². The highest BCUT2D eigenvalue weighted by Gasteiger charge is 2.12. The van der Waals surface area contributed by atoms with Gasteiger partial charge in [0.05, 0.1) is 12.6 Å². The van der Waals surface area contributed by atoms with Crippen LogP contribution in [0, 0.1) is 11.3 Å². The molecule has 1 aromatic rings. The Morgan fingerprint density at radius 3 is 2.62 bits per heavy atom. The first-order chi connectivity index (χ1) is 7.77. The average molecular weight is 237 g/mol. The molecule has 0 radical (unpaired) electrons. The molecule has 0 fully saturated rings. The standard InChI is InChI=1S/C13H17ClN2/c1-12(16(9-7-14)10-8-15)11-13-5-3-2-4-6-13/h2-6,12H,7,9-11H2,1H3/t12-/m1/s1. The van der Waals surface area contributed by atoms with Crippen molar-refractivity contribution >= 4 is 11.6 Å². The lowest BCUT2D eigenvalue weighted by Gasteiger charge is -2.25. The summed E-state index contributed by atoms with van der Waals surface area (Å²) in [6, 6.07) is 12.9. The van der Waals surface area contributed by atoms with Gasteiger partial charge in [0.25, 0.3) is 0 Å². The Bertz CT molecular complexity index is 332. The molecule has 2 nitrogen and oxygen atoms in total. The third-order valence-corrected chi connectivity index (χ3v) is 2.81. The van der Waals surface area contributed by atoms with Crippen molar-refractivity contribution in [1.82, 2.24) is 4.90 Å². The largest absolute Gasteiger partial charge is 0.286 e. The molecule has 1 rings (SSSR count). The molecule has 0 aliphatic rings. The molecule has 0 aliphatic carbocycles. The summed E-state index contributed by atoms with van der Waals surface area (Å²) in [5, 5.41) is 8.74. The zero-order valence-corrected chi connectivity index (χ0v) is 10.3. The molecular formula is C13H17ClN2. The van der Waals surface area contributed by atoms with Crippen LogP contribution in [0.1, 0.15) is 12.5 Å². The van der Waals surface area contributed by atoms with Crippen molar-refractivity contribution in [3.8, 4) is 6.07 Å². The molecule has 86 valence electrons. The second kappa shape index (κ2) is 7.27. The maximum Gasteiger partial charge on any atom is 0.0868 e. The number of rotatable bonds is 6. The molecule has 1 atom stereocenters. The predicted molar refractivity (Wildman–Crippen MR) is 67.5 cm³/mol. The third kappa shape index (κ3) is 4.22. The minimum atomic E-state index is 0.348. The first-order valence-corrected chi connectivity index (χ1v) is 6.02. The van der Waals surface area contributed by atoms with E-state index in [0.29, 0.717) is 18.5 Å². The van der Waals surface area contributed by atoms with Gasteiger partial charge in [0.1, 0.15) is 0 Å². The Morgan fingerprint density at radius 1 is 1.38 bits per heavy atom. The van der Waals surface area contributed by atoms with Crippen LogP contribution in [-0.2, 0) is 6.42 Å². The van der Waals surface area contributed by atoms with Crippen LogP contribution >= 0.6 is 11.6 Å². The summed E-state index contributed by atoms with van der Waals surface area (Å²) in [6.07, 6.45) is 0.958. The van der Waals surface area contributed by atoms with Gasteiger partial charge in [-0.05, 0) is 18.9 Å². The van der Waals surface area contributed by atoms with E-state index in [1.165, 1.54) is 5.56 Å². The summed E-state index contributed by atoms with van der Waals surface area (Å²) in [6.45, 7) is 3.35. The van der Waals surface area contributed by atoms with Gasteiger partial charge in [0.15, 0.2) is 0 Å². The maximum absolute atomic E-state index is 8.74. The van der Waals surface area contributed by atoms with Crippen LogP contribution in [0.5, 0.6) is 0 Å². The van der Waals surface area contributed by atoms with Gasteiger partial charge < -0.3 is 0 Å². The van der Waals surface area contributed by atoms with Gasteiger partial charge in [-0.2, -0.15) is 5.26 Å². The number of nitrogens with zero attached hydrogens (tertiary/aromatic N) is 2. The van der Waals surface area contributed by atoms with Crippen LogP contribution in [0.3, 0.4) is 0 Å². The Morgan fingerprint density at radius 2 is 2.06 bits per heavy atom. The quantitative estimate of drug-likeness (QED) is 0.561.